The topological polar surface area (TPSA) is 58.6 Å². The summed E-state index contributed by atoms with van der Waals surface area (Å²) in [5.41, 5.74) is 1.11. The van der Waals surface area contributed by atoms with Crippen LogP contribution in [0.5, 0.6) is 0 Å². The number of nitrogens with zero attached hydrogens (tertiary/aromatic N) is 1. The summed E-state index contributed by atoms with van der Waals surface area (Å²) in [6.45, 7) is 3.05. The predicted molar refractivity (Wildman–Crippen MR) is 88.9 cm³/mol. The Balaban J connectivity index is 1.81. The van der Waals surface area contributed by atoms with E-state index in [4.69, 9.17) is 4.74 Å². The Morgan fingerprint density at radius 3 is 3.13 bits per heavy atom. The SMILES string of the molecule is CCOC(=O)[C@@H]1C[C@@]2(C(=O)Nc3ccc(Br)cc32)N2CCC[C@H]12. The number of hydrogen-bond donors (Lipinski definition) is 1. The summed E-state index contributed by atoms with van der Waals surface area (Å²) in [5.74, 6) is -0.407. The van der Waals surface area contributed by atoms with Gasteiger partial charge >= 0.3 is 5.97 Å². The van der Waals surface area contributed by atoms with Crippen molar-refractivity contribution in [1.29, 1.82) is 0 Å². The highest BCUT2D eigenvalue weighted by atomic mass is 79.9. The van der Waals surface area contributed by atoms with Gasteiger partial charge in [0.25, 0.3) is 0 Å². The molecule has 0 aliphatic carbocycles. The van der Waals surface area contributed by atoms with Crippen molar-refractivity contribution in [1.82, 2.24) is 4.90 Å². The van der Waals surface area contributed by atoms with Crippen LogP contribution in [0, 0.1) is 5.92 Å². The lowest BCUT2D eigenvalue weighted by molar-refractivity contribution is -0.148. The van der Waals surface area contributed by atoms with Crippen molar-refractivity contribution in [2.75, 3.05) is 18.5 Å². The highest BCUT2D eigenvalue weighted by Crippen LogP contribution is 2.54. The molecule has 1 aromatic rings. The van der Waals surface area contributed by atoms with Crippen LogP contribution < -0.4 is 5.32 Å². The van der Waals surface area contributed by atoms with Crippen molar-refractivity contribution in [3.8, 4) is 0 Å². The molecule has 1 aromatic carbocycles. The molecular formula is C17H19BrN2O3. The Hall–Kier alpha value is -1.40. The monoisotopic (exact) mass is 378 g/mol. The van der Waals surface area contributed by atoms with Crippen LogP contribution in [0.4, 0.5) is 5.69 Å². The molecule has 0 radical (unpaired) electrons. The molecule has 1 amide bonds. The second kappa shape index (κ2) is 5.31. The maximum Gasteiger partial charge on any atom is 0.310 e. The van der Waals surface area contributed by atoms with Gasteiger partial charge in [0.1, 0.15) is 5.54 Å². The molecular weight excluding hydrogens is 360 g/mol. The Labute approximate surface area is 143 Å². The Morgan fingerprint density at radius 1 is 1.52 bits per heavy atom. The number of ether oxygens (including phenoxy) is 1. The number of esters is 1. The number of nitrogens with one attached hydrogen (secondary N) is 1. The number of rotatable bonds is 2. The lowest BCUT2D eigenvalue weighted by atomic mass is 9.84. The normalized spacial score (nSPS) is 32.0. The van der Waals surface area contributed by atoms with E-state index in [0.29, 0.717) is 13.0 Å². The molecule has 3 heterocycles. The van der Waals surface area contributed by atoms with Crippen LogP contribution in [-0.4, -0.2) is 36.0 Å². The van der Waals surface area contributed by atoms with E-state index < -0.39 is 5.54 Å². The van der Waals surface area contributed by atoms with E-state index >= 15 is 0 Å². The first-order valence-corrected chi connectivity index (χ1v) is 8.92. The summed E-state index contributed by atoms with van der Waals surface area (Å²) < 4.78 is 6.22. The van der Waals surface area contributed by atoms with E-state index in [1.807, 2.05) is 25.1 Å². The molecule has 122 valence electrons. The fraction of sp³-hybridized carbons (Fsp3) is 0.529. The number of anilines is 1. The molecule has 0 saturated carbocycles. The molecule has 4 rings (SSSR count). The maximum atomic E-state index is 12.9. The third kappa shape index (κ3) is 2.01. The first kappa shape index (κ1) is 15.1. The molecule has 0 bridgehead atoms. The highest BCUT2D eigenvalue weighted by molar-refractivity contribution is 9.10. The van der Waals surface area contributed by atoms with Crippen LogP contribution in [0.15, 0.2) is 22.7 Å². The van der Waals surface area contributed by atoms with Crippen molar-refractivity contribution >= 4 is 33.5 Å². The second-order valence-electron chi connectivity index (χ2n) is 6.47. The lowest BCUT2D eigenvalue weighted by Crippen LogP contribution is -2.47. The molecule has 2 saturated heterocycles. The van der Waals surface area contributed by atoms with Crippen molar-refractivity contribution < 1.29 is 14.3 Å². The predicted octanol–water partition coefficient (Wildman–Crippen LogP) is 2.64. The van der Waals surface area contributed by atoms with Crippen LogP contribution in [-0.2, 0) is 19.9 Å². The molecule has 0 aromatic heterocycles. The highest BCUT2D eigenvalue weighted by Gasteiger charge is 2.63. The number of carbonyl (C=O) groups is 2. The zero-order valence-corrected chi connectivity index (χ0v) is 14.6. The molecule has 3 aliphatic rings. The fourth-order valence-electron chi connectivity index (χ4n) is 4.55. The van der Waals surface area contributed by atoms with Crippen LogP contribution in [0.1, 0.15) is 31.7 Å². The number of carbonyl (C=O) groups excluding carboxylic acids is 2. The maximum absolute atomic E-state index is 12.9. The molecule has 1 N–H and O–H groups in total. The summed E-state index contributed by atoms with van der Waals surface area (Å²) in [6, 6.07) is 5.97. The number of fused-ring (bicyclic) bond motifs is 4. The average Bonchev–Trinajstić information content (AvgIpc) is 3.16. The quantitative estimate of drug-likeness (QED) is 0.803. The second-order valence-corrected chi connectivity index (χ2v) is 7.39. The van der Waals surface area contributed by atoms with Crippen LogP contribution in [0.2, 0.25) is 0 Å². The summed E-state index contributed by atoms with van der Waals surface area (Å²) in [6.07, 6.45) is 2.46. The Kier molecular flexibility index (Phi) is 3.50. The van der Waals surface area contributed by atoms with Crippen molar-refractivity contribution in [2.24, 2.45) is 5.92 Å². The van der Waals surface area contributed by atoms with Gasteiger partial charge < -0.3 is 10.1 Å². The summed E-state index contributed by atoms with van der Waals surface area (Å²) in [5, 5.41) is 3.01. The standard InChI is InChI=1S/C17H19BrN2O3/c1-2-23-15(21)11-9-17(20-7-3-4-14(11)20)12-8-10(18)5-6-13(12)19-16(17)22/h5-6,8,11,14H,2-4,7,9H2,1H3,(H,19,22)/t11-,14-,17-/m1/s1. The Bertz CT molecular complexity index is 692. The van der Waals surface area contributed by atoms with E-state index in [0.717, 1.165) is 35.1 Å². The minimum Gasteiger partial charge on any atom is -0.466 e. The van der Waals surface area contributed by atoms with Gasteiger partial charge in [-0.15, -0.1) is 0 Å². The zero-order chi connectivity index (χ0) is 16.2. The third-order valence-electron chi connectivity index (χ3n) is 5.41. The number of hydrogen-bond acceptors (Lipinski definition) is 4. The van der Waals surface area contributed by atoms with E-state index in [1.54, 1.807) is 0 Å². The van der Waals surface area contributed by atoms with Gasteiger partial charge in [-0.25, -0.2) is 0 Å². The molecule has 5 nitrogen and oxygen atoms in total. The van der Waals surface area contributed by atoms with Gasteiger partial charge in [0.05, 0.1) is 12.5 Å². The molecule has 2 fully saturated rings. The number of amides is 1. The van der Waals surface area contributed by atoms with Gasteiger partial charge in [-0.3, -0.25) is 14.5 Å². The largest absolute Gasteiger partial charge is 0.466 e. The molecule has 3 aliphatic heterocycles. The fourth-order valence-corrected chi connectivity index (χ4v) is 4.91. The first-order chi connectivity index (χ1) is 11.1. The van der Waals surface area contributed by atoms with E-state index in [1.165, 1.54) is 0 Å². The average molecular weight is 379 g/mol. The van der Waals surface area contributed by atoms with Gasteiger partial charge in [-0.1, -0.05) is 15.9 Å². The minimum absolute atomic E-state index is 0.00991. The van der Waals surface area contributed by atoms with Crippen molar-refractivity contribution in [3.63, 3.8) is 0 Å². The molecule has 0 unspecified atom stereocenters. The molecule has 6 heteroatoms. The van der Waals surface area contributed by atoms with Gasteiger partial charge in [-0.05, 0) is 50.9 Å². The van der Waals surface area contributed by atoms with Gasteiger partial charge in [-0.2, -0.15) is 0 Å². The molecule has 23 heavy (non-hydrogen) atoms. The smallest absolute Gasteiger partial charge is 0.310 e. The van der Waals surface area contributed by atoms with Crippen LogP contribution in [0.3, 0.4) is 0 Å². The lowest BCUT2D eigenvalue weighted by Gasteiger charge is -2.32. The number of benzene rings is 1. The van der Waals surface area contributed by atoms with Crippen LogP contribution in [0.25, 0.3) is 0 Å². The van der Waals surface area contributed by atoms with Gasteiger partial charge in [0.15, 0.2) is 0 Å². The summed E-state index contributed by atoms with van der Waals surface area (Å²) >= 11 is 3.51. The third-order valence-corrected chi connectivity index (χ3v) is 5.90. The molecule has 1 spiro atoms. The van der Waals surface area contributed by atoms with Crippen molar-refractivity contribution in [2.45, 2.75) is 37.8 Å². The Morgan fingerprint density at radius 2 is 2.35 bits per heavy atom. The summed E-state index contributed by atoms with van der Waals surface area (Å²) in [4.78, 5) is 27.6. The zero-order valence-electron chi connectivity index (χ0n) is 13.0. The van der Waals surface area contributed by atoms with Crippen LogP contribution >= 0.6 is 15.9 Å². The van der Waals surface area contributed by atoms with Gasteiger partial charge in [0.2, 0.25) is 5.91 Å². The van der Waals surface area contributed by atoms with Crippen molar-refractivity contribution in [3.05, 3.63) is 28.2 Å². The van der Waals surface area contributed by atoms with E-state index in [-0.39, 0.29) is 23.8 Å². The minimum atomic E-state index is -0.724. The van der Waals surface area contributed by atoms with E-state index in [2.05, 4.69) is 26.1 Å². The number of halogens is 1. The van der Waals surface area contributed by atoms with Gasteiger partial charge in [0, 0.05) is 21.8 Å². The first-order valence-electron chi connectivity index (χ1n) is 8.13. The molecule has 3 atom stereocenters. The van der Waals surface area contributed by atoms with E-state index in [9.17, 15) is 9.59 Å². The summed E-state index contributed by atoms with van der Waals surface area (Å²) in [7, 11) is 0.